The van der Waals surface area contributed by atoms with Gasteiger partial charge in [0.15, 0.2) is 6.61 Å². The smallest absolute Gasteiger partial charge is 0.259 e. The molecule has 134 valence electrons. The molecule has 25 heavy (non-hydrogen) atoms. The molecule has 3 N–H and O–H groups in total. The number of hydrogen-bond acceptors (Lipinski definition) is 5. The summed E-state index contributed by atoms with van der Waals surface area (Å²) in [6.07, 6.45) is -0.974. The number of amides is 1. The fourth-order valence-electron chi connectivity index (χ4n) is 2.08. The van der Waals surface area contributed by atoms with Crippen LogP contribution in [0, 0.1) is 0 Å². The largest absolute Gasteiger partial charge is 0.491 e. The Morgan fingerprint density at radius 2 is 1.56 bits per heavy atom. The molecule has 2 rings (SSSR count). The van der Waals surface area contributed by atoms with Crippen LogP contribution in [0.25, 0.3) is 0 Å². The molecular weight excluding hydrogens is 320 g/mol. The number of benzene rings is 2. The summed E-state index contributed by atoms with van der Waals surface area (Å²) in [5.74, 6) is 1.12. The number of aliphatic hydroxyl groups excluding tert-OH is 1. The van der Waals surface area contributed by atoms with Gasteiger partial charge in [0.05, 0.1) is 6.17 Å². The van der Waals surface area contributed by atoms with Crippen molar-refractivity contribution < 1.29 is 19.4 Å². The van der Waals surface area contributed by atoms with Crippen LogP contribution < -0.4 is 20.1 Å². The van der Waals surface area contributed by atoms with Gasteiger partial charge in [-0.2, -0.15) is 0 Å². The predicted molar refractivity (Wildman–Crippen MR) is 95.5 cm³/mol. The van der Waals surface area contributed by atoms with E-state index in [2.05, 4.69) is 10.6 Å². The van der Waals surface area contributed by atoms with E-state index in [1.807, 2.05) is 48.5 Å². The van der Waals surface area contributed by atoms with Crippen molar-refractivity contribution in [2.75, 3.05) is 19.8 Å². The molecule has 0 aliphatic heterocycles. The van der Waals surface area contributed by atoms with Gasteiger partial charge in [-0.15, -0.1) is 0 Å². The summed E-state index contributed by atoms with van der Waals surface area (Å²) >= 11 is 0. The average Bonchev–Trinajstić information content (AvgIpc) is 2.65. The molecule has 0 fully saturated rings. The molecule has 0 aliphatic carbocycles. The first kappa shape index (κ1) is 18.8. The predicted octanol–water partition coefficient (Wildman–Crippen LogP) is 1.56. The summed E-state index contributed by atoms with van der Waals surface area (Å²) in [5.41, 5.74) is 0. The lowest BCUT2D eigenvalue weighted by atomic mass is 10.3. The lowest BCUT2D eigenvalue weighted by Crippen LogP contribution is -2.47. The molecule has 6 heteroatoms. The van der Waals surface area contributed by atoms with Gasteiger partial charge >= 0.3 is 0 Å². The second-order valence-corrected chi connectivity index (χ2v) is 5.58. The summed E-state index contributed by atoms with van der Waals surface area (Å²) in [5, 5.41) is 15.7. The van der Waals surface area contributed by atoms with E-state index in [0.29, 0.717) is 18.0 Å². The van der Waals surface area contributed by atoms with Crippen molar-refractivity contribution in [3.8, 4) is 11.5 Å². The SMILES string of the molecule is CC(NCC(O)COc1ccccc1)NC(=O)COc1ccccc1. The molecule has 2 aromatic rings. The van der Waals surface area contributed by atoms with Crippen LogP contribution in [0.3, 0.4) is 0 Å². The van der Waals surface area contributed by atoms with Gasteiger partial charge in [-0.1, -0.05) is 36.4 Å². The normalized spacial score (nSPS) is 12.9. The van der Waals surface area contributed by atoms with Gasteiger partial charge in [0.2, 0.25) is 0 Å². The molecule has 2 atom stereocenters. The highest BCUT2D eigenvalue weighted by molar-refractivity contribution is 5.77. The molecule has 0 saturated carbocycles. The average molecular weight is 344 g/mol. The van der Waals surface area contributed by atoms with Crippen LogP contribution in [0.4, 0.5) is 0 Å². The van der Waals surface area contributed by atoms with E-state index >= 15 is 0 Å². The first-order valence-electron chi connectivity index (χ1n) is 8.20. The molecule has 0 bridgehead atoms. The minimum Gasteiger partial charge on any atom is -0.491 e. The Hall–Kier alpha value is -2.57. The van der Waals surface area contributed by atoms with E-state index in [1.165, 1.54) is 0 Å². The highest BCUT2D eigenvalue weighted by atomic mass is 16.5. The fraction of sp³-hybridized carbons (Fsp3) is 0.316. The van der Waals surface area contributed by atoms with E-state index in [0.717, 1.165) is 0 Å². The molecular formula is C19H24N2O4. The summed E-state index contributed by atoms with van der Waals surface area (Å²) in [4.78, 5) is 11.8. The molecule has 2 unspecified atom stereocenters. The third kappa shape index (κ3) is 7.69. The van der Waals surface area contributed by atoms with Crippen LogP contribution in [0.2, 0.25) is 0 Å². The molecule has 0 spiro atoms. The van der Waals surface area contributed by atoms with Crippen molar-refractivity contribution in [1.82, 2.24) is 10.6 Å². The molecule has 0 saturated heterocycles. The highest BCUT2D eigenvalue weighted by Gasteiger charge is 2.10. The van der Waals surface area contributed by atoms with Crippen molar-refractivity contribution in [2.24, 2.45) is 0 Å². The number of carbonyl (C=O) groups excluding carboxylic acids is 1. The van der Waals surface area contributed by atoms with Gasteiger partial charge in [-0.3, -0.25) is 10.1 Å². The number of aliphatic hydroxyl groups is 1. The summed E-state index contributed by atoms with van der Waals surface area (Å²) in [6, 6.07) is 18.4. The number of carbonyl (C=O) groups is 1. The van der Waals surface area contributed by atoms with Gasteiger partial charge < -0.3 is 19.9 Å². The fourth-order valence-corrected chi connectivity index (χ4v) is 2.08. The van der Waals surface area contributed by atoms with Crippen LogP contribution in [0.15, 0.2) is 60.7 Å². The Morgan fingerprint density at radius 3 is 2.16 bits per heavy atom. The minimum atomic E-state index is -0.680. The van der Waals surface area contributed by atoms with Crippen LogP contribution >= 0.6 is 0 Å². The number of para-hydroxylation sites is 2. The van der Waals surface area contributed by atoms with Crippen LogP contribution in [-0.4, -0.2) is 43.0 Å². The summed E-state index contributed by atoms with van der Waals surface area (Å²) < 4.78 is 10.8. The number of nitrogens with one attached hydrogen (secondary N) is 2. The highest BCUT2D eigenvalue weighted by Crippen LogP contribution is 2.08. The molecule has 0 aromatic heterocycles. The second kappa shape index (κ2) is 10.3. The van der Waals surface area contributed by atoms with Crippen molar-refractivity contribution in [3.05, 3.63) is 60.7 Å². The molecule has 6 nitrogen and oxygen atoms in total. The van der Waals surface area contributed by atoms with E-state index in [1.54, 1.807) is 19.1 Å². The standard InChI is InChI=1S/C19H24N2O4/c1-15(21-19(23)14-25-18-10-6-3-7-11-18)20-12-16(22)13-24-17-8-4-2-5-9-17/h2-11,15-16,20,22H,12-14H2,1H3,(H,21,23). The topological polar surface area (TPSA) is 79.8 Å². The lowest BCUT2D eigenvalue weighted by molar-refractivity contribution is -0.123. The van der Waals surface area contributed by atoms with Crippen LogP contribution in [0.5, 0.6) is 11.5 Å². The third-order valence-electron chi connectivity index (χ3n) is 3.34. The molecule has 1 amide bonds. The van der Waals surface area contributed by atoms with Crippen molar-refractivity contribution in [2.45, 2.75) is 19.2 Å². The maximum Gasteiger partial charge on any atom is 0.259 e. The summed E-state index contributed by atoms with van der Waals surface area (Å²) in [6.45, 7) is 2.21. The van der Waals surface area contributed by atoms with Gasteiger partial charge in [-0.25, -0.2) is 0 Å². The maximum atomic E-state index is 11.8. The van der Waals surface area contributed by atoms with E-state index in [-0.39, 0.29) is 25.3 Å². The van der Waals surface area contributed by atoms with Crippen LogP contribution in [-0.2, 0) is 4.79 Å². The number of hydrogen-bond donors (Lipinski definition) is 3. The molecule has 0 aliphatic rings. The van der Waals surface area contributed by atoms with Gasteiger partial charge in [0, 0.05) is 6.54 Å². The lowest BCUT2D eigenvalue weighted by Gasteiger charge is -2.19. The van der Waals surface area contributed by atoms with Gasteiger partial charge in [-0.05, 0) is 31.2 Å². The van der Waals surface area contributed by atoms with Crippen molar-refractivity contribution in [3.63, 3.8) is 0 Å². The third-order valence-corrected chi connectivity index (χ3v) is 3.34. The monoisotopic (exact) mass is 344 g/mol. The molecule has 0 radical (unpaired) electrons. The molecule has 0 heterocycles. The zero-order valence-corrected chi connectivity index (χ0v) is 14.2. The van der Waals surface area contributed by atoms with Gasteiger partial charge in [0.1, 0.15) is 24.2 Å². The van der Waals surface area contributed by atoms with E-state index in [9.17, 15) is 9.90 Å². The quantitative estimate of drug-likeness (QED) is 0.570. The Labute approximate surface area is 147 Å². The van der Waals surface area contributed by atoms with Crippen molar-refractivity contribution in [1.29, 1.82) is 0 Å². The Balaban J connectivity index is 1.59. The van der Waals surface area contributed by atoms with Crippen molar-refractivity contribution >= 4 is 5.91 Å². The van der Waals surface area contributed by atoms with E-state index in [4.69, 9.17) is 9.47 Å². The Bertz CT molecular complexity index is 622. The second-order valence-electron chi connectivity index (χ2n) is 5.58. The Kier molecular flexibility index (Phi) is 7.75. The van der Waals surface area contributed by atoms with E-state index < -0.39 is 6.10 Å². The zero-order valence-electron chi connectivity index (χ0n) is 14.2. The maximum absolute atomic E-state index is 11.8. The summed E-state index contributed by atoms with van der Waals surface area (Å²) in [7, 11) is 0. The number of rotatable bonds is 10. The molecule has 2 aromatic carbocycles. The zero-order chi connectivity index (χ0) is 17.9. The minimum absolute atomic E-state index is 0.0598. The Morgan fingerprint density at radius 1 is 1.00 bits per heavy atom. The first-order valence-corrected chi connectivity index (χ1v) is 8.20. The first-order chi connectivity index (χ1) is 12.1. The number of ether oxygens (including phenoxy) is 2. The van der Waals surface area contributed by atoms with Crippen LogP contribution in [0.1, 0.15) is 6.92 Å². The van der Waals surface area contributed by atoms with Gasteiger partial charge in [0.25, 0.3) is 5.91 Å².